The minimum atomic E-state index is 0.736. The van der Waals surface area contributed by atoms with E-state index >= 15 is 0 Å². The lowest BCUT2D eigenvalue weighted by molar-refractivity contribution is 0.0751. The van der Waals surface area contributed by atoms with Crippen LogP contribution < -0.4 is 4.74 Å². The summed E-state index contributed by atoms with van der Waals surface area (Å²) in [5, 5.41) is 0.750. The van der Waals surface area contributed by atoms with Gasteiger partial charge in [-0.2, -0.15) is 0 Å². The van der Waals surface area contributed by atoms with E-state index in [-0.39, 0.29) is 0 Å². The van der Waals surface area contributed by atoms with Gasteiger partial charge in [0.1, 0.15) is 5.75 Å². The highest BCUT2D eigenvalue weighted by molar-refractivity contribution is 6.30. The van der Waals surface area contributed by atoms with E-state index in [0.29, 0.717) is 0 Å². The van der Waals surface area contributed by atoms with Gasteiger partial charge in [0.05, 0.1) is 6.61 Å². The molecule has 2 nitrogen and oxygen atoms in total. The SMILES string of the molecule is Clc1cccc(OC[C@@H]2CC[C@@H]2CN2CCCC2)c1. The molecule has 3 heteroatoms. The predicted molar refractivity (Wildman–Crippen MR) is 78.8 cm³/mol. The zero-order valence-corrected chi connectivity index (χ0v) is 12.1. The molecule has 2 aliphatic rings. The fourth-order valence-corrected chi connectivity index (χ4v) is 3.34. The summed E-state index contributed by atoms with van der Waals surface area (Å²) >= 11 is 5.96. The van der Waals surface area contributed by atoms with Crippen LogP contribution in [0.1, 0.15) is 25.7 Å². The lowest BCUT2D eigenvalue weighted by atomic mass is 9.74. The van der Waals surface area contributed by atoms with E-state index in [1.165, 1.54) is 45.3 Å². The van der Waals surface area contributed by atoms with Crippen LogP contribution in [-0.4, -0.2) is 31.1 Å². The number of likely N-dealkylation sites (tertiary alicyclic amines) is 1. The van der Waals surface area contributed by atoms with Crippen LogP contribution in [0.2, 0.25) is 5.02 Å². The summed E-state index contributed by atoms with van der Waals surface area (Å²) in [6.07, 6.45) is 5.46. The summed E-state index contributed by atoms with van der Waals surface area (Å²) in [7, 11) is 0. The molecule has 1 saturated carbocycles. The van der Waals surface area contributed by atoms with Crippen LogP contribution in [0.15, 0.2) is 24.3 Å². The first-order valence-electron chi connectivity index (χ1n) is 7.42. The van der Waals surface area contributed by atoms with Crippen molar-refractivity contribution in [3.05, 3.63) is 29.3 Å². The zero-order valence-electron chi connectivity index (χ0n) is 11.4. The van der Waals surface area contributed by atoms with Gasteiger partial charge in [-0.05, 0) is 68.8 Å². The van der Waals surface area contributed by atoms with Gasteiger partial charge in [0.15, 0.2) is 0 Å². The Bertz CT molecular complexity index is 417. The van der Waals surface area contributed by atoms with Gasteiger partial charge in [0.2, 0.25) is 0 Å². The Kier molecular flexibility index (Phi) is 4.29. The molecule has 1 saturated heterocycles. The van der Waals surface area contributed by atoms with Gasteiger partial charge in [0.25, 0.3) is 0 Å². The number of ether oxygens (including phenoxy) is 1. The molecule has 1 heterocycles. The Labute approximate surface area is 120 Å². The quantitative estimate of drug-likeness (QED) is 0.812. The van der Waals surface area contributed by atoms with Crippen molar-refractivity contribution in [1.82, 2.24) is 4.90 Å². The number of benzene rings is 1. The standard InChI is InChI=1S/C16H22ClNO/c17-15-4-3-5-16(10-15)19-12-14-7-6-13(14)11-18-8-1-2-9-18/h3-5,10,13-14H,1-2,6-9,11-12H2/t13-,14+/m1/s1. The summed E-state index contributed by atoms with van der Waals surface area (Å²) < 4.78 is 5.88. The average molecular weight is 280 g/mol. The molecule has 104 valence electrons. The normalized spacial score (nSPS) is 27.2. The third kappa shape index (κ3) is 3.43. The van der Waals surface area contributed by atoms with Crippen molar-refractivity contribution in [2.24, 2.45) is 11.8 Å². The van der Waals surface area contributed by atoms with Crippen molar-refractivity contribution >= 4 is 11.6 Å². The van der Waals surface area contributed by atoms with Crippen molar-refractivity contribution in [3.8, 4) is 5.75 Å². The lowest BCUT2D eigenvalue weighted by Crippen LogP contribution is -2.39. The summed E-state index contributed by atoms with van der Waals surface area (Å²) in [5.74, 6) is 2.48. The van der Waals surface area contributed by atoms with Crippen LogP contribution in [0.5, 0.6) is 5.75 Å². The van der Waals surface area contributed by atoms with E-state index in [2.05, 4.69) is 4.90 Å². The summed E-state index contributed by atoms with van der Waals surface area (Å²) in [5.41, 5.74) is 0. The van der Waals surface area contributed by atoms with Gasteiger partial charge in [-0.25, -0.2) is 0 Å². The Morgan fingerprint density at radius 2 is 1.95 bits per heavy atom. The second kappa shape index (κ2) is 6.15. The van der Waals surface area contributed by atoms with Gasteiger partial charge in [-0.15, -0.1) is 0 Å². The first kappa shape index (κ1) is 13.3. The lowest BCUT2D eigenvalue weighted by Gasteiger charge is -2.38. The van der Waals surface area contributed by atoms with Gasteiger partial charge in [0, 0.05) is 11.6 Å². The molecule has 1 aromatic carbocycles. The fraction of sp³-hybridized carbons (Fsp3) is 0.625. The maximum absolute atomic E-state index is 5.96. The summed E-state index contributed by atoms with van der Waals surface area (Å²) in [4.78, 5) is 2.62. The monoisotopic (exact) mass is 279 g/mol. The molecule has 0 bridgehead atoms. The van der Waals surface area contributed by atoms with Crippen LogP contribution >= 0.6 is 11.6 Å². The van der Waals surface area contributed by atoms with Gasteiger partial charge >= 0.3 is 0 Å². The van der Waals surface area contributed by atoms with E-state index in [1.807, 2.05) is 24.3 Å². The Balaban J connectivity index is 1.45. The van der Waals surface area contributed by atoms with Crippen molar-refractivity contribution in [2.45, 2.75) is 25.7 Å². The van der Waals surface area contributed by atoms with Crippen LogP contribution in [0.25, 0.3) is 0 Å². The number of rotatable bonds is 5. The molecule has 0 unspecified atom stereocenters. The predicted octanol–water partition coefficient (Wildman–Crippen LogP) is 3.84. The van der Waals surface area contributed by atoms with Crippen molar-refractivity contribution in [2.75, 3.05) is 26.2 Å². The van der Waals surface area contributed by atoms with Crippen LogP contribution in [0, 0.1) is 11.8 Å². The fourth-order valence-electron chi connectivity index (χ4n) is 3.15. The summed E-state index contributed by atoms with van der Waals surface area (Å²) in [6.45, 7) is 4.74. The van der Waals surface area contributed by atoms with E-state index < -0.39 is 0 Å². The third-order valence-electron chi connectivity index (χ3n) is 4.53. The molecule has 1 aliphatic heterocycles. The Hall–Kier alpha value is -0.730. The van der Waals surface area contributed by atoms with Crippen LogP contribution in [0.4, 0.5) is 0 Å². The van der Waals surface area contributed by atoms with Crippen molar-refractivity contribution < 1.29 is 4.74 Å². The Morgan fingerprint density at radius 3 is 2.63 bits per heavy atom. The molecule has 0 amide bonds. The highest BCUT2D eigenvalue weighted by Crippen LogP contribution is 2.36. The topological polar surface area (TPSA) is 12.5 Å². The highest BCUT2D eigenvalue weighted by Gasteiger charge is 2.33. The maximum Gasteiger partial charge on any atom is 0.120 e. The van der Waals surface area contributed by atoms with Crippen LogP contribution in [0.3, 0.4) is 0 Å². The first-order chi connectivity index (χ1) is 9.31. The number of hydrogen-bond donors (Lipinski definition) is 0. The third-order valence-corrected chi connectivity index (χ3v) is 4.76. The molecule has 2 fully saturated rings. The first-order valence-corrected chi connectivity index (χ1v) is 7.80. The number of nitrogens with zero attached hydrogens (tertiary/aromatic N) is 1. The molecular weight excluding hydrogens is 258 g/mol. The van der Waals surface area contributed by atoms with E-state index in [4.69, 9.17) is 16.3 Å². The zero-order chi connectivity index (χ0) is 13.1. The molecule has 1 aliphatic carbocycles. The Morgan fingerprint density at radius 1 is 1.16 bits per heavy atom. The molecule has 0 aromatic heterocycles. The minimum absolute atomic E-state index is 0.736. The molecular formula is C16H22ClNO. The van der Waals surface area contributed by atoms with Crippen molar-refractivity contribution in [3.63, 3.8) is 0 Å². The van der Waals surface area contributed by atoms with E-state index in [0.717, 1.165) is 29.2 Å². The second-order valence-electron chi connectivity index (χ2n) is 5.87. The van der Waals surface area contributed by atoms with E-state index in [9.17, 15) is 0 Å². The molecule has 0 spiro atoms. The number of halogens is 1. The molecule has 2 atom stereocenters. The van der Waals surface area contributed by atoms with E-state index in [1.54, 1.807) is 0 Å². The largest absolute Gasteiger partial charge is 0.493 e. The molecule has 19 heavy (non-hydrogen) atoms. The summed E-state index contributed by atoms with van der Waals surface area (Å²) in [6, 6.07) is 7.71. The van der Waals surface area contributed by atoms with Crippen molar-refractivity contribution in [1.29, 1.82) is 0 Å². The maximum atomic E-state index is 5.96. The second-order valence-corrected chi connectivity index (χ2v) is 6.31. The molecule has 0 radical (unpaired) electrons. The minimum Gasteiger partial charge on any atom is -0.493 e. The highest BCUT2D eigenvalue weighted by atomic mass is 35.5. The molecule has 3 rings (SSSR count). The van der Waals surface area contributed by atoms with Gasteiger partial charge in [-0.1, -0.05) is 17.7 Å². The number of hydrogen-bond acceptors (Lipinski definition) is 2. The smallest absolute Gasteiger partial charge is 0.120 e. The van der Waals surface area contributed by atoms with Crippen LogP contribution in [-0.2, 0) is 0 Å². The molecule has 0 N–H and O–H groups in total. The molecule has 1 aromatic rings. The van der Waals surface area contributed by atoms with Gasteiger partial charge in [-0.3, -0.25) is 0 Å². The average Bonchev–Trinajstić information content (AvgIpc) is 2.88. The van der Waals surface area contributed by atoms with Gasteiger partial charge < -0.3 is 9.64 Å².